The monoisotopic (exact) mass is 240 g/mol. The Labute approximate surface area is 103 Å². The van der Waals surface area contributed by atoms with Gasteiger partial charge in [-0.25, -0.2) is 0 Å². The number of piperidine rings is 1. The zero-order valence-corrected chi connectivity index (χ0v) is 10.9. The van der Waals surface area contributed by atoms with Gasteiger partial charge in [0, 0.05) is 11.6 Å². The number of carbonyl (C=O) groups is 1. The van der Waals surface area contributed by atoms with Crippen LogP contribution >= 0.6 is 0 Å². The van der Waals surface area contributed by atoms with E-state index in [-0.39, 0.29) is 18.6 Å². The van der Waals surface area contributed by atoms with Crippen LogP contribution in [0.2, 0.25) is 0 Å². The fourth-order valence-electron chi connectivity index (χ4n) is 2.78. The molecular formula is C13H24N2O2. The molecule has 1 saturated carbocycles. The van der Waals surface area contributed by atoms with Crippen LogP contribution in [-0.2, 0) is 9.53 Å². The minimum Gasteiger partial charge on any atom is -0.369 e. The van der Waals surface area contributed by atoms with Crippen LogP contribution in [0.25, 0.3) is 0 Å². The summed E-state index contributed by atoms with van der Waals surface area (Å²) in [6, 6.07) is 0.333. The Hall–Kier alpha value is -0.610. The van der Waals surface area contributed by atoms with E-state index in [1.54, 1.807) is 0 Å². The first-order valence-electron chi connectivity index (χ1n) is 6.76. The molecule has 1 aliphatic heterocycles. The van der Waals surface area contributed by atoms with Crippen molar-refractivity contribution >= 4 is 5.91 Å². The maximum Gasteiger partial charge on any atom is 0.246 e. The highest BCUT2D eigenvalue weighted by molar-refractivity contribution is 5.77. The van der Waals surface area contributed by atoms with Crippen LogP contribution in [0.4, 0.5) is 0 Å². The van der Waals surface area contributed by atoms with Crippen molar-refractivity contribution < 1.29 is 9.53 Å². The first-order chi connectivity index (χ1) is 8.10. The highest BCUT2D eigenvalue weighted by atomic mass is 16.5. The molecule has 98 valence electrons. The zero-order valence-electron chi connectivity index (χ0n) is 10.9. The summed E-state index contributed by atoms with van der Waals surface area (Å²) in [4.78, 5) is 11.7. The number of hydrogen-bond acceptors (Lipinski definition) is 3. The largest absolute Gasteiger partial charge is 0.369 e. The Morgan fingerprint density at radius 1 is 1.53 bits per heavy atom. The quantitative estimate of drug-likeness (QED) is 0.776. The molecule has 1 saturated heterocycles. The lowest BCUT2D eigenvalue weighted by Crippen LogP contribution is -2.60. The molecule has 17 heavy (non-hydrogen) atoms. The summed E-state index contributed by atoms with van der Waals surface area (Å²) in [5, 5.41) is 6.70. The second kappa shape index (κ2) is 5.36. The molecule has 2 fully saturated rings. The molecule has 1 unspecified atom stereocenters. The SMILES string of the molecule is CC(C)OCC(=O)NC1CCNC2(CCC2)C1. The second-order valence-corrected chi connectivity index (χ2v) is 5.68. The number of carbonyl (C=O) groups excluding carboxylic acids is 1. The van der Waals surface area contributed by atoms with Crippen molar-refractivity contribution in [1.29, 1.82) is 0 Å². The summed E-state index contributed by atoms with van der Waals surface area (Å²) in [6.07, 6.45) is 6.09. The van der Waals surface area contributed by atoms with E-state index in [0.29, 0.717) is 11.6 Å². The summed E-state index contributed by atoms with van der Waals surface area (Å²) in [5.41, 5.74) is 0.342. The molecule has 4 nitrogen and oxygen atoms in total. The van der Waals surface area contributed by atoms with Crippen molar-refractivity contribution in [3.8, 4) is 0 Å². The lowest BCUT2D eigenvalue weighted by molar-refractivity contribution is -0.128. The summed E-state index contributed by atoms with van der Waals surface area (Å²) in [7, 11) is 0. The molecule has 1 atom stereocenters. The molecule has 2 N–H and O–H groups in total. The van der Waals surface area contributed by atoms with Crippen LogP contribution in [0.3, 0.4) is 0 Å². The van der Waals surface area contributed by atoms with E-state index in [1.165, 1.54) is 19.3 Å². The Morgan fingerprint density at radius 2 is 2.29 bits per heavy atom. The maximum atomic E-state index is 11.7. The number of amides is 1. The lowest BCUT2D eigenvalue weighted by Gasteiger charge is -2.48. The molecule has 0 radical (unpaired) electrons. The van der Waals surface area contributed by atoms with E-state index in [9.17, 15) is 4.79 Å². The van der Waals surface area contributed by atoms with Crippen LogP contribution < -0.4 is 10.6 Å². The van der Waals surface area contributed by atoms with Crippen molar-refractivity contribution in [2.45, 2.75) is 63.6 Å². The van der Waals surface area contributed by atoms with Crippen molar-refractivity contribution in [2.24, 2.45) is 0 Å². The fraction of sp³-hybridized carbons (Fsp3) is 0.923. The van der Waals surface area contributed by atoms with Crippen molar-refractivity contribution in [3.05, 3.63) is 0 Å². The number of hydrogen-bond donors (Lipinski definition) is 2. The first kappa shape index (κ1) is 12.8. The van der Waals surface area contributed by atoms with E-state index in [0.717, 1.165) is 19.4 Å². The Morgan fingerprint density at radius 3 is 2.88 bits per heavy atom. The summed E-state index contributed by atoms with van der Waals surface area (Å²) >= 11 is 0. The van der Waals surface area contributed by atoms with E-state index < -0.39 is 0 Å². The molecule has 4 heteroatoms. The lowest BCUT2D eigenvalue weighted by atomic mass is 9.70. The average Bonchev–Trinajstić information content (AvgIpc) is 2.25. The second-order valence-electron chi connectivity index (χ2n) is 5.68. The van der Waals surface area contributed by atoms with Crippen molar-refractivity contribution in [2.75, 3.05) is 13.2 Å². The number of rotatable bonds is 4. The molecule has 0 aromatic rings. The zero-order chi connectivity index (χ0) is 12.3. The first-order valence-corrected chi connectivity index (χ1v) is 6.76. The topological polar surface area (TPSA) is 50.4 Å². The molecule has 0 bridgehead atoms. The molecule has 2 rings (SSSR count). The van der Waals surface area contributed by atoms with Gasteiger partial charge in [0.25, 0.3) is 0 Å². The van der Waals surface area contributed by atoms with Gasteiger partial charge in [0.2, 0.25) is 5.91 Å². The summed E-state index contributed by atoms with van der Waals surface area (Å²) in [5.74, 6) is 0.0278. The fourth-order valence-corrected chi connectivity index (χ4v) is 2.78. The standard InChI is InChI=1S/C13H24N2O2/c1-10(2)17-9-12(16)15-11-4-7-14-13(8-11)5-3-6-13/h10-11,14H,3-9H2,1-2H3,(H,15,16). The van der Waals surface area contributed by atoms with Gasteiger partial charge in [0.05, 0.1) is 6.10 Å². The van der Waals surface area contributed by atoms with Crippen LogP contribution in [0, 0.1) is 0 Å². The summed E-state index contributed by atoms with van der Waals surface area (Å²) < 4.78 is 5.31. The average molecular weight is 240 g/mol. The molecule has 1 amide bonds. The van der Waals surface area contributed by atoms with Gasteiger partial charge in [-0.1, -0.05) is 0 Å². The number of nitrogens with one attached hydrogen (secondary N) is 2. The van der Waals surface area contributed by atoms with Crippen LogP contribution in [0.1, 0.15) is 46.0 Å². The van der Waals surface area contributed by atoms with Crippen LogP contribution in [0.5, 0.6) is 0 Å². The Kier molecular flexibility index (Phi) is 4.05. The van der Waals surface area contributed by atoms with E-state index in [1.807, 2.05) is 13.8 Å². The molecular weight excluding hydrogens is 216 g/mol. The van der Waals surface area contributed by atoms with Gasteiger partial charge < -0.3 is 15.4 Å². The van der Waals surface area contributed by atoms with Crippen LogP contribution in [-0.4, -0.2) is 36.7 Å². The predicted octanol–water partition coefficient (Wildman–Crippen LogP) is 1.20. The normalized spacial score (nSPS) is 26.9. The highest BCUT2D eigenvalue weighted by Crippen LogP contribution is 2.38. The Bertz CT molecular complexity index is 275. The number of ether oxygens (including phenoxy) is 1. The van der Waals surface area contributed by atoms with Gasteiger partial charge in [0.15, 0.2) is 0 Å². The third-order valence-corrected chi connectivity index (χ3v) is 3.85. The highest BCUT2D eigenvalue weighted by Gasteiger charge is 2.41. The van der Waals surface area contributed by atoms with Crippen molar-refractivity contribution in [1.82, 2.24) is 10.6 Å². The van der Waals surface area contributed by atoms with Gasteiger partial charge in [-0.3, -0.25) is 4.79 Å². The predicted molar refractivity (Wildman–Crippen MR) is 66.8 cm³/mol. The smallest absolute Gasteiger partial charge is 0.246 e. The maximum absolute atomic E-state index is 11.7. The van der Waals surface area contributed by atoms with E-state index >= 15 is 0 Å². The minimum atomic E-state index is 0.0278. The van der Waals surface area contributed by atoms with Gasteiger partial charge in [-0.2, -0.15) is 0 Å². The molecule has 1 aliphatic carbocycles. The van der Waals surface area contributed by atoms with Gasteiger partial charge in [0.1, 0.15) is 6.61 Å². The molecule has 1 heterocycles. The molecule has 0 aromatic heterocycles. The van der Waals surface area contributed by atoms with Crippen molar-refractivity contribution in [3.63, 3.8) is 0 Å². The molecule has 2 aliphatic rings. The third-order valence-electron chi connectivity index (χ3n) is 3.85. The van der Waals surface area contributed by atoms with E-state index in [2.05, 4.69) is 10.6 Å². The minimum absolute atomic E-state index is 0.0278. The van der Waals surface area contributed by atoms with E-state index in [4.69, 9.17) is 4.74 Å². The third kappa shape index (κ3) is 3.42. The van der Waals surface area contributed by atoms with Gasteiger partial charge >= 0.3 is 0 Å². The summed E-state index contributed by atoms with van der Waals surface area (Å²) in [6.45, 7) is 5.10. The Balaban J connectivity index is 1.73. The molecule has 1 spiro atoms. The molecule has 0 aromatic carbocycles. The van der Waals surface area contributed by atoms with Crippen LogP contribution in [0.15, 0.2) is 0 Å². The van der Waals surface area contributed by atoms with Gasteiger partial charge in [-0.15, -0.1) is 0 Å². The van der Waals surface area contributed by atoms with Gasteiger partial charge in [-0.05, 0) is 52.5 Å².